The molecular weight excluding hydrogens is 392 g/mol. The molecule has 5 rings (SSSR count). The molecule has 2 unspecified atom stereocenters. The molecule has 1 fully saturated rings. The van der Waals surface area contributed by atoms with Gasteiger partial charge in [-0.05, 0) is 12.5 Å². The zero-order chi connectivity index (χ0) is 21.2. The van der Waals surface area contributed by atoms with Crippen LogP contribution in [0, 0.1) is 28.6 Å². The Hall–Kier alpha value is -4.31. The standard InChI is InChI=1S/C21H18N10/c22-4-1-18(14-3-8-30(11-14)21-17(9-23)24-6-7-26-21)31-12-15(10-29-31)19-16-2-5-25-20(16)28-13-27-19/h2,5-7,10,12-14,18H,1,3,8,11H2,(H,25,27,28). The number of anilines is 1. The van der Waals surface area contributed by atoms with Gasteiger partial charge in [-0.25, -0.2) is 19.9 Å². The molecule has 0 aliphatic carbocycles. The van der Waals surface area contributed by atoms with Crippen LogP contribution < -0.4 is 4.90 Å². The zero-order valence-electron chi connectivity index (χ0n) is 16.5. The highest BCUT2D eigenvalue weighted by Crippen LogP contribution is 2.34. The lowest BCUT2D eigenvalue weighted by Gasteiger charge is -2.23. The number of hydrogen-bond donors (Lipinski definition) is 1. The second-order valence-corrected chi connectivity index (χ2v) is 7.44. The zero-order valence-corrected chi connectivity index (χ0v) is 16.5. The summed E-state index contributed by atoms with van der Waals surface area (Å²) in [4.78, 5) is 22.3. The van der Waals surface area contributed by atoms with Gasteiger partial charge in [0.15, 0.2) is 11.5 Å². The first-order chi connectivity index (χ1) is 15.3. The van der Waals surface area contributed by atoms with Crippen LogP contribution >= 0.6 is 0 Å². The van der Waals surface area contributed by atoms with Gasteiger partial charge in [0.2, 0.25) is 0 Å². The van der Waals surface area contributed by atoms with Crippen LogP contribution in [0.5, 0.6) is 0 Å². The molecule has 0 aromatic carbocycles. The van der Waals surface area contributed by atoms with Crippen LogP contribution in [0.1, 0.15) is 24.6 Å². The summed E-state index contributed by atoms with van der Waals surface area (Å²) >= 11 is 0. The van der Waals surface area contributed by atoms with Crippen molar-refractivity contribution < 1.29 is 0 Å². The molecule has 10 heteroatoms. The number of aromatic amines is 1. The van der Waals surface area contributed by atoms with Crippen LogP contribution in [0.4, 0.5) is 5.82 Å². The normalized spacial score (nSPS) is 16.8. The van der Waals surface area contributed by atoms with Gasteiger partial charge in [0, 0.05) is 54.7 Å². The van der Waals surface area contributed by atoms with E-state index in [0.717, 1.165) is 35.3 Å². The quantitative estimate of drug-likeness (QED) is 0.530. The average molecular weight is 410 g/mol. The van der Waals surface area contributed by atoms with Crippen molar-refractivity contribution in [1.82, 2.24) is 34.7 Å². The molecule has 0 spiro atoms. The number of fused-ring (bicyclic) bond motifs is 1. The molecule has 1 N–H and O–H groups in total. The third-order valence-electron chi connectivity index (χ3n) is 5.72. The minimum atomic E-state index is -0.0884. The first-order valence-corrected chi connectivity index (χ1v) is 9.94. The largest absolute Gasteiger partial charge is 0.354 e. The molecule has 0 bridgehead atoms. The molecule has 1 saturated heterocycles. The SMILES string of the molecule is N#CCC(C1CCN(c2nccnc2C#N)C1)n1cc(-c2ncnc3[nH]ccc23)cn1. The molecule has 10 nitrogen and oxygen atoms in total. The Balaban J connectivity index is 1.42. The maximum atomic E-state index is 9.47. The summed E-state index contributed by atoms with van der Waals surface area (Å²) in [5.74, 6) is 0.791. The van der Waals surface area contributed by atoms with Gasteiger partial charge >= 0.3 is 0 Å². The second-order valence-electron chi connectivity index (χ2n) is 7.44. The van der Waals surface area contributed by atoms with E-state index >= 15 is 0 Å². The Kier molecular flexibility index (Phi) is 4.73. The van der Waals surface area contributed by atoms with Gasteiger partial charge in [0.25, 0.3) is 0 Å². The summed E-state index contributed by atoms with van der Waals surface area (Å²) in [6.07, 6.45) is 11.4. The van der Waals surface area contributed by atoms with Crippen molar-refractivity contribution >= 4 is 16.9 Å². The van der Waals surface area contributed by atoms with E-state index in [1.165, 1.54) is 12.5 Å². The van der Waals surface area contributed by atoms with Crippen molar-refractivity contribution in [3.63, 3.8) is 0 Å². The van der Waals surface area contributed by atoms with Crippen LogP contribution in [-0.2, 0) is 0 Å². The van der Waals surface area contributed by atoms with Gasteiger partial charge in [0.05, 0.1) is 30.4 Å². The molecule has 1 aliphatic heterocycles. The highest BCUT2D eigenvalue weighted by atomic mass is 15.3. The maximum absolute atomic E-state index is 9.47. The number of H-pyrrole nitrogens is 1. The van der Waals surface area contributed by atoms with E-state index in [4.69, 9.17) is 0 Å². The van der Waals surface area contributed by atoms with Crippen molar-refractivity contribution in [1.29, 1.82) is 10.5 Å². The predicted octanol–water partition coefficient (Wildman–Crippen LogP) is 2.46. The van der Waals surface area contributed by atoms with E-state index in [1.807, 2.05) is 23.1 Å². The Morgan fingerprint density at radius 2 is 2.10 bits per heavy atom. The van der Waals surface area contributed by atoms with E-state index in [0.29, 0.717) is 24.5 Å². The fourth-order valence-electron chi connectivity index (χ4n) is 4.25. The van der Waals surface area contributed by atoms with E-state index < -0.39 is 0 Å². The van der Waals surface area contributed by atoms with Crippen molar-refractivity contribution in [3.05, 3.63) is 49.1 Å². The van der Waals surface area contributed by atoms with Gasteiger partial charge in [-0.2, -0.15) is 15.6 Å². The van der Waals surface area contributed by atoms with Crippen molar-refractivity contribution in [2.75, 3.05) is 18.0 Å². The molecular formula is C21H18N10. The Bertz CT molecular complexity index is 1310. The lowest BCUT2D eigenvalue weighted by Crippen LogP contribution is -2.26. The predicted molar refractivity (Wildman–Crippen MR) is 111 cm³/mol. The van der Waals surface area contributed by atoms with Gasteiger partial charge in [0.1, 0.15) is 18.0 Å². The summed E-state index contributed by atoms with van der Waals surface area (Å²) in [7, 11) is 0. The second kappa shape index (κ2) is 7.84. The van der Waals surface area contributed by atoms with Gasteiger partial charge in [-0.15, -0.1) is 0 Å². The minimum Gasteiger partial charge on any atom is -0.354 e. The highest BCUT2D eigenvalue weighted by molar-refractivity contribution is 5.89. The molecule has 2 atom stereocenters. The smallest absolute Gasteiger partial charge is 0.183 e. The third kappa shape index (κ3) is 3.34. The fraction of sp³-hybridized carbons (Fsp3) is 0.286. The molecule has 0 amide bonds. The summed E-state index contributed by atoms with van der Waals surface area (Å²) in [5, 5.41) is 24.3. The van der Waals surface area contributed by atoms with Crippen LogP contribution in [0.15, 0.2) is 43.4 Å². The molecule has 0 radical (unpaired) electrons. The fourth-order valence-corrected chi connectivity index (χ4v) is 4.25. The first kappa shape index (κ1) is 18.7. The Morgan fingerprint density at radius 3 is 2.97 bits per heavy atom. The topological polar surface area (TPSA) is 136 Å². The number of rotatable bonds is 5. The van der Waals surface area contributed by atoms with Crippen LogP contribution in [0.3, 0.4) is 0 Å². The molecule has 152 valence electrons. The Labute approximate surface area is 177 Å². The minimum absolute atomic E-state index is 0.0884. The summed E-state index contributed by atoms with van der Waals surface area (Å²) in [6, 6.07) is 6.27. The first-order valence-electron chi connectivity index (χ1n) is 9.94. The average Bonchev–Trinajstić information content (AvgIpc) is 3.57. The number of nitrogens with one attached hydrogen (secondary N) is 1. The molecule has 4 aromatic heterocycles. The molecule has 5 heterocycles. The van der Waals surface area contributed by atoms with Crippen molar-refractivity contribution in [2.45, 2.75) is 18.9 Å². The van der Waals surface area contributed by atoms with Crippen molar-refractivity contribution in [3.8, 4) is 23.4 Å². The van der Waals surface area contributed by atoms with Crippen LogP contribution in [0.2, 0.25) is 0 Å². The maximum Gasteiger partial charge on any atom is 0.183 e. The summed E-state index contributed by atoms with van der Waals surface area (Å²) in [5.41, 5.74) is 2.78. The van der Waals surface area contributed by atoms with Crippen LogP contribution in [-0.4, -0.2) is 47.8 Å². The van der Waals surface area contributed by atoms with Crippen LogP contribution in [0.25, 0.3) is 22.3 Å². The molecule has 31 heavy (non-hydrogen) atoms. The van der Waals surface area contributed by atoms with Gasteiger partial charge in [-0.1, -0.05) is 0 Å². The van der Waals surface area contributed by atoms with Crippen molar-refractivity contribution in [2.24, 2.45) is 5.92 Å². The van der Waals surface area contributed by atoms with E-state index in [1.54, 1.807) is 12.4 Å². The summed E-state index contributed by atoms with van der Waals surface area (Å²) in [6.45, 7) is 1.44. The van der Waals surface area contributed by atoms with E-state index in [-0.39, 0.29) is 12.0 Å². The number of nitrogens with zero attached hydrogens (tertiary/aromatic N) is 9. The highest BCUT2D eigenvalue weighted by Gasteiger charge is 2.33. The van der Waals surface area contributed by atoms with E-state index in [9.17, 15) is 10.5 Å². The Morgan fingerprint density at radius 1 is 1.19 bits per heavy atom. The number of nitriles is 2. The van der Waals surface area contributed by atoms with Gasteiger partial charge < -0.3 is 9.88 Å². The molecule has 1 aliphatic rings. The third-order valence-corrected chi connectivity index (χ3v) is 5.72. The molecule has 0 saturated carbocycles. The van der Waals surface area contributed by atoms with Gasteiger partial charge in [-0.3, -0.25) is 4.68 Å². The number of aromatic nitrogens is 7. The van der Waals surface area contributed by atoms with E-state index in [2.05, 4.69) is 47.1 Å². The lowest BCUT2D eigenvalue weighted by molar-refractivity contribution is 0.332. The number of hydrogen-bond acceptors (Lipinski definition) is 8. The molecule has 4 aromatic rings. The monoisotopic (exact) mass is 410 g/mol. The summed E-state index contributed by atoms with van der Waals surface area (Å²) < 4.78 is 1.87. The lowest BCUT2D eigenvalue weighted by atomic mass is 9.96.